The van der Waals surface area contributed by atoms with Gasteiger partial charge in [-0.25, -0.2) is 4.79 Å². The van der Waals surface area contributed by atoms with Gasteiger partial charge in [-0.3, -0.25) is 4.79 Å². The Morgan fingerprint density at radius 3 is 2.58 bits per heavy atom. The molecule has 1 fully saturated rings. The van der Waals surface area contributed by atoms with Crippen LogP contribution in [0.1, 0.15) is 43.1 Å². The molecule has 1 atom stereocenters. The van der Waals surface area contributed by atoms with E-state index in [1.54, 1.807) is 29.2 Å². The molecular weight excluding hydrogens is 306 g/mol. The van der Waals surface area contributed by atoms with Gasteiger partial charge in [0.05, 0.1) is 18.5 Å². The molecule has 0 aliphatic carbocycles. The molecule has 6 nitrogen and oxygen atoms in total. The number of nitrogens with one attached hydrogen (secondary N) is 1. The molecule has 1 heterocycles. The van der Waals surface area contributed by atoms with E-state index in [-0.39, 0.29) is 11.9 Å². The monoisotopic (exact) mass is 329 g/mol. The molecule has 1 N–H and O–H groups in total. The van der Waals surface area contributed by atoms with Crippen molar-refractivity contribution < 1.29 is 14.3 Å². The third kappa shape index (κ3) is 4.98. The molecule has 1 unspecified atom stereocenters. The Morgan fingerprint density at radius 1 is 1.33 bits per heavy atom. The fourth-order valence-electron chi connectivity index (χ4n) is 2.58. The zero-order chi connectivity index (χ0) is 17.7. The predicted octanol–water partition coefficient (Wildman–Crippen LogP) is 2.49. The van der Waals surface area contributed by atoms with Crippen molar-refractivity contribution in [1.82, 2.24) is 10.2 Å². The second kappa shape index (κ2) is 7.35. The molecule has 24 heavy (non-hydrogen) atoms. The van der Waals surface area contributed by atoms with Gasteiger partial charge in [0, 0.05) is 18.7 Å². The Balaban J connectivity index is 1.89. The molecule has 0 spiro atoms. The molecule has 1 aromatic rings. The van der Waals surface area contributed by atoms with Crippen LogP contribution >= 0.6 is 0 Å². The number of carbonyl (C=O) groups excluding carboxylic acids is 2. The van der Waals surface area contributed by atoms with Crippen LogP contribution < -0.4 is 5.32 Å². The summed E-state index contributed by atoms with van der Waals surface area (Å²) in [7, 11) is 0. The van der Waals surface area contributed by atoms with E-state index in [0.29, 0.717) is 31.5 Å². The van der Waals surface area contributed by atoms with Gasteiger partial charge in [-0.05, 0) is 44.9 Å². The van der Waals surface area contributed by atoms with E-state index in [9.17, 15) is 9.59 Å². The first kappa shape index (κ1) is 17.8. The van der Waals surface area contributed by atoms with Crippen molar-refractivity contribution in [1.29, 1.82) is 5.26 Å². The van der Waals surface area contributed by atoms with E-state index in [4.69, 9.17) is 10.00 Å². The smallest absolute Gasteiger partial charge is 0.407 e. The van der Waals surface area contributed by atoms with E-state index in [1.807, 2.05) is 20.8 Å². The van der Waals surface area contributed by atoms with Gasteiger partial charge in [-0.2, -0.15) is 5.26 Å². The third-order valence-corrected chi connectivity index (χ3v) is 3.68. The second-order valence-electron chi connectivity index (χ2n) is 6.91. The van der Waals surface area contributed by atoms with E-state index >= 15 is 0 Å². The average Bonchev–Trinajstić information content (AvgIpc) is 2.94. The molecule has 0 bridgehead atoms. The minimum absolute atomic E-state index is 0.0630. The molecule has 1 aromatic carbocycles. The Hall–Kier alpha value is -2.55. The molecular formula is C18H23N3O3. The second-order valence-corrected chi connectivity index (χ2v) is 6.91. The van der Waals surface area contributed by atoms with Gasteiger partial charge >= 0.3 is 6.09 Å². The maximum Gasteiger partial charge on any atom is 0.407 e. The van der Waals surface area contributed by atoms with Crippen LogP contribution in [0.15, 0.2) is 24.3 Å². The van der Waals surface area contributed by atoms with Crippen LogP contribution in [-0.4, -0.2) is 41.6 Å². The van der Waals surface area contributed by atoms with Crippen LogP contribution in [0.25, 0.3) is 0 Å². The van der Waals surface area contributed by atoms with Crippen LogP contribution in [-0.2, 0) is 11.2 Å². The number of likely N-dealkylation sites (tertiary alicyclic amines) is 1. The number of rotatable bonds is 3. The first-order valence-corrected chi connectivity index (χ1v) is 8.03. The number of nitrogens with zero attached hydrogens (tertiary/aromatic N) is 2. The van der Waals surface area contributed by atoms with Crippen molar-refractivity contribution in [2.24, 2.45) is 0 Å². The average molecular weight is 329 g/mol. The zero-order valence-electron chi connectivity index (χ0n) is 14.3. The lowest BCUT2D eigenvalue weighted by molar-refractivity contribution is 0.0502. The zero-order valence-corrected chi connectivity index (χ0v) is 14.3. The lowest BCUT2D eigenvalue weighted by Gasteiger charge is -2.22. The van der Waals surface area contributed by atoms with Crippen molar-refractivity contribution in [3.8, 4) is 6.07 Å². The molecule has 6 heteroatoms. The number of carbonyl (C=O) groups is 2. The Bertz CT molecular complexity index is 641. The summed E-state index contributed by atoms with van der Waals surface area (Å²) in [5, 5.41) is 11.5. The fraction of sp³-hybridized carbons (Fsp3) is 0.500. The number of nitriles is 1. The molecule has 1 aliphatic rings. The normalized spacial score (nSPS) is 17.2. The predicted molar refractivity (Wildman–Crippen MR) is 89.4 cm³/mol. The van der Waals surface area contributed by atoms with Crippen molar-refractivity contribution >= 4 is 12.0 Å². The van der Waals surface area contributed by atoms with Crippen molar-refractivity contribution in [3.63, 3.8) is 0 Å². The van der Waals surface area contributed by atoms with Crippen LogP contribution in [0.5, 0.6) is 0 Å². The number of hydrogen-bond acceptors (Lipinski definition) is 4. The minimum Gasteiger partial charge on any atom is -0.444 e. The topological polar surface area (TPSA) is 82.4 Å². The van der Waals surface area contributed by atoms with Gasteiger partial charge in [-0.15, -0.1) is 0 Å². The first-order valence-electron chi connectivity index (χ1n) is 8.03. The van der Waals surface area contributed by atoms with Crippen LogP contribution in [0.3, 0.4) is 0 Å². The van der Waals surface area contributed by atoms with Gasteiger partial charge in [0.1, 0.15) is 5.60 Å². The number of amides is 2. The van der Waals surface area contributed by atoms with E-state index in [2.05, 4.69) is 11.4 Å². The maximum absolute atomic E-state index is 12.5. The van der Waals surface area contributed by atoms with Crippen LogP contribution in [0.4, 0.5) is 4.79 Å². The molecule has 0 radical (unpaired) electrons. The quantitative estimate of drug-likeness (QED) is 0.923. The summed E-state index contributed by atoms with van der Waals surface area (Å²) in [6, 6.07) is 9.05. The molecule has 1 saturated heterocycles. The Kier molecular flexibility index (Phi) is 5.45. The summed E-state index contributed by atoms with van der Waals surface area (Å²) in [5.41, 5.74) is 0.943. The SMILES string of the molecule is CC(C)(C)OC(=O)NC1CCN(C(=O)c2ccc(CC#N)cc2)C1. The summed E-state index contributed by atoms with van der Waals surface area (Å²) in [6.07, 6.45) is 0.583. The lowest BCUT2D eigenvalue weighted by Crippen LogP contribution is -2.41. The Morgan fingerprint density at radius 2 is 2.00 bits per heavy atom. The van der Waals surface area contributed by atoms with Gasteiger partial charge in [0.2, 0.25) is 0 Å². The van der Waals surface area contributed by atoms with Gasteiger partial charge in [0.25, 0.3) is 5.91 Å². The molecule has 0 aromatic heterocycles. The van der Waals surface area contributed by atoms with Crippen LogP contribution in [0.2, 0.25) is 0 Å². The lowest BCUT2D eigenvalue weighted by atomic mass is 10.1. The Labute approximate surface area is 142 Å². The van der Waals surface area contributed by atoms with Gasteiger partial charge in [0.15, 0.2) is 0 Å². The summed E-state index contributed by atoms with van der Waals surface area (Å²) >= 11 is 0. The molecule has 2 rings (SSSR count). The van der Waals surface area contributed by atoms with Crippen LogP contribution in [0, 0.1) is 11.3 Å². The number of alkyl carbamates (subject to hydrolysis) is 1. The summed E-state index contributed by atoms with van der Waals surface area (Å²) < 4.78 is 5.24. The summed E-state index contributed by atoms with van der Waals surface area (Å²) in [6.45, 7) is 6.50. The minimum atomic E-state index is -0.538. The maximum atomic E-state index is 12.5. The van der Waals surface area contributed by atoms with Gasteiger partial charge in [-0.1, -0.05) is 12.1 Å². The third-order valence-electron chi connectivity index (χ3n) is 3.68. The molecule has 128 valence electrons. The highest BCUT2D eigenvalue weighted by molar-refractivity contribution is 5.94. The highest BCUT2D eigenvalue weighted by atomic mass is 16.6. The highest BCUT2D eigenvalue weighted by Gasteiger charge is 2.29. The number of ether oxygens (including phenoxy) is 1. The fourth-order valence-corrected chi connectivity index (χ4v) is 2.58. The standard InChI is InChI=1S/C18H23N3O3/c1-18(2,3)24-17(23)20-15-9-11-21(12-15)16(22)14-6-4-13(5-7-14)8-10-19/h4-7,15H,8-9,11-12H2,1-3H3,(H,20,23). The molecule has 1 aliphatic heterocycles. The van der Waals surface area contributed by atoms with Crippen molar-refractivity contribution in [3.05, 3.63) is 35.4 Å². The van der Waals surface area contributed by atoms with Crippen molar-refractivity contribution in [2.75, 3.05) is 13.1 Å². The molecule has 2 amide bonds. The number of hydrogen-bond donors (Lipinski definition) is 1. The van der Waals surface area contributed by atoms with Gasteiger partial charge < -0.3 is 15.0 Å². The summed E-state index contributed by atoms with van der Waals surface area (Å²) in [5.74, 6) is -0.0630. The molecule has 0 saturated carbocycles. The largest absolute Gasteiger partial charge is 0.444 e. The highest BCUT2D eigenvalue weighted by Crippen LogP contribution is 2.15. The van der Waals surface area contributed by atoms with E-state index in [1.165, 1.54) is 0 Å². The van der Waals surface area contributed by atoms with E-state index in [0.717, 1.165) is 5.56 Å². The van der Waals surface area contributed by atoms with E-state index < -0.39 is 11.7 Å². The van der Waals surface area contributed by atoms with Crippen molar-refractivity contribution in [2.45, 2.75) is 45.3 Å². The first-order chi connectivity index (χ1) is 11.3. The summed E-state index contributed by atoms with van der Waals surface area (Å²) in [4.78, 5) is 26.0. The number of benzene rings is 1.